The molecule has 0 unspecified atom stereocenters. The summed E-state index contributed by atoms with van der Waals surface area (Å²) in [5.41, 5.74) is 6.27. The summed E-state index contributed by atoms with van der Waals surface area (Å²) in [5.74, 6) is -0.293. The van der Waals surface area contributed by atoms with Crippen molar-refractivity contribution in [3.63, 3.8) is 0 Å². The van der Waals surface area contributed by atoms with Crippen LogP contribution in [0.4, 0.5) is 10.1 Å². The lowest BCUT2D eigenvalue weighted by Crippen LogP contribution is -2.50. The highest BCUT2D eigenvalue weighted by Gasteiger charge is 2.09. The maximum absolute atomic E-state index is 12.8. The van der Waals surface area contributed by atoms with Crippen molar-refractivity contribution in [2.45, 2.75) is 0 Å². The second kappa shape index (κ2) is 9.56. The number of rotatable bonds is 4. The molecule has 0 amide bonds. The Bertz CT molecular complexity index is 522. The maximum Gasteiger partial charge on any atom is 0.189 e. The molecule has 1 aromatic rings. The van der Waals surface area contributed by atoms with Gasteiger partial charge in [-0.05, 0) is 48.7 Å². The van der Waals surface area contributed by atoms with Crippen LogP contribution in [-0.2, 0) is 4.74 Å². The van der Waals surface area contributed by atoms with Crippen LogP contribution in [0.2, 0.25) is 0 Å². The number of anilines is 1. The largest absolute Gasteiger partial charge is 0.379 e. The molecule has 1 aromatic carbocycles. The predicted molar refractivity (Wildman–Crippen MR) is 96.8 cm³/mol. The Morgan fingerprint density at radius 2 is 1.74 bits per heavy atom. The van der Waals surface area contributed by atoms with Gasteiger partial charge in [-0.3, -0.25) is 15.8 Å². The second-order valence-electron chi connectivity index (χ2n) is 4.92. The monoisotopic (exact) mass is 357 g/mol. The first-order valence-corrected chi connectivity index (χ1v) is 8.11. The number of hydrogen-bond donors (Lipinski definition) is 4. The lowest BCUT2D eigenvalue weighted by molar-refractivity contribution is 0.0389. The van der Waals surface area contributed by atoms with Crippen molar-refractivity contribution in [1.82, 2.24) is 21.1 Å². The van der Waals surface area contributed by atoms with Crippen molar-refractivity contribution in [1.29, 1.82) is 0 Å². The molecule has 1 aliphatic heterocycles. The average molecular weight is 357 g/mol. The number of thiocarbonyl (C=S) groups is 2. The second-order valence-corrected chi connectivity index (χ2v) is 5.74. The molecular weight excluding hydrogens is 337 g/mol. The van der Waals surface area contributed by atoms with Gasteiger partial charge in [0.05, 0.1) is 13.2 Å². The van der Waals surface area contributed by atoms with Crippen molar-refractivity contribution in [2.24, 2.45) is 0 Å². The summed E-state index contributed by atoms with van der Waals surface area (Å²) in [6, 6.07) is 5.91. The molecule has 2 rings (SSSR count). The molecule has 4 N–H and O–H groups in total. The van der Waals surface area contributed by atoms with Crippen LogP contribution in [0.15, 0.2) is 24.3 Å². The molecule has 0 aliphatic carbocycles. The first kappa shape index (κ1) is 17.8. The van der Waals surface area contributed by atoms with Crippen LogP contribution in [0.5, 0.6) is 0 Å². The fourth-order valence-corrected chi connectivity index (χ4v) is 2.33. The first-order valence-electron chi connectivity index (χ1n) is 7.30. The molecule has 23 heavy (non-hydrogen) atoms. The Morgan fingerprint density at radius 1 is 1.09 bits per heavy atom. The van der Waals surface area contributed by atoms with Crippen LogP contribution in [-0.4, -0.2) is 54.5 Å². The zero-order chi connectivity index (χ0) is 16.5. The van der Waals surface area contributed by atoms with E-state index in [1.165, 1.54) is 12.1 Å². The van der Waals surface area contributed by atoms with Gasteiger partial charge in [0.15, 0.2) is 10.2 Å². The average Bonchev–Trinajstić information content (AvgIpc) is 2.56. The number of hydrazine groups is 1. The Hall–Kier alpha value is -1.55. The zero-order valence-corrected chi connectivity index (χ0v) is 14.2. The molecule has 0 radical (unpaired) electrons. The quantitative estimate of drug-likeness (QED) is 0.467. The van der Waals surface area contributed by atoms with E-state index in [4.69, 9.17) is 29.2 Å². The van der Waals surface area contributed by atoms with Crippen LogP contribution >= 0.6 is 24.4 Å². The number of hydrogen-bond acceptors (Lipinski definition) is 4. The number of nitrogens with zero attached hydrogens (tertiary/aromatic N) is 1. The molecule has 0 atom stereocenters. The lowest BCUT2D eigenvalue weighted by atomic mass is 10.3. The van der Waals surface area contributed by atoms with Gasteiger partial charge in [-0.25, -0.2) is 4.39 Å². The first-order chi connectivity index (χ1) is 11.1. The van der Waals surface area contributed by atoms with Crippen molar-refractivity contribution in [3.8, 4) is 0 Å². The SMILES string of the molecule is Fc1ccc(NC(=S)NNC(=S)NCCN2CCOCC2)cc1. The van der Waals surface area contributed by atoms with Gasteiger partial charge < -0.3 is 15.4 Å². The van der Waals surface area contributed by atoms with Crippen LogP contribution in [0.25, 0.3) is 0 Å². The molecule has 9 heteroatoms. The van der Waals surface area contributed by atoms with Gasteiger partial charge >= 0.3 is 0 Å². The van der Waals surface area contributed by atoms with Crippen LogP contribution < -0.4 is 21.5 Å². The molecular formula is C14H20FN5OS2. The van der Waals surface area contributed by atoms with Gasteiger partial charge in [0.25, 0.3) is 0 Å². The molecule has 126 valence electrons. The summed E-state index contributed by atoms with van der Waals surface area (Å²) in [7, 11) is 0. The smallest absolute Gasteiger partial charge is 0.189 e. The van der Waals surface area contributed by atoms with Crippen molar-refractivity contribution >= 4 is 40.3 Å². The molecule has 0 aromatic heterocycles. The molecule has 6 nitrogen and oxygen atoms in total. The zero-order valence-electron chi connectivity index (χ0n) is 12.6. The van der Waals surface area contributed by atoms with E-state index >= 15 is 0 Å². The Labute approximate surface area is 145 Å². The summed E-state index contributed by atoms with van der Waals surface area (Å²) in [5, 5.41) is 6.81. The van der Waals surface area contributed by atoms with Gasteiger partial charge in [0.1, 0.15) is 5.82 Å². The van der Waals surface area contributed by atoms with Crippen LogP contribution in [0.1, 0.15) is 0 Å². The van der Waals surface area contributed by atoms with Crippen molar-refractivity contribution in [2.75, 3.05) is 44.7 Å². The third-order valence-electron chi connectivity index (χ3n) is 3.21. The van der Waals surface area contributed by atoms with Gasteiger partial charge in [-0.15, -0.1) is 0 Å². The van der Waals surface area contributed by atoms with Gasteiger partial charge in [0.2, 0.25) is 0 Å². The third kappa shape index (κ3) is 7.04. The van der Waals surface area contributed by atoms with Crippen molar-refractivity contribution < 1.29 is 9.13 Å². The minimum absolute atomic E-state index is 0.293. The van der Waals surface area contributed by atoms with E-state index in [1.807, 2.05) is 0 Å². The lowest BCUT2D eigenvalue weighted by Gasteiger charge is -2.26. The number of halogens is 1. The van der Waals surface area contributed by atoms with E-state index < -0.39 is 0 Å². The molecule has 0 spiro atoms. The van der Waals surface area contributed by atoms with E-state index in [9.17, 15) is 4.39 Å². The maximum atomic E-state index is 12.8. The summed E-state index contributed by atoms with van der Waals surface area (Å²) in [6.45, 7) is 5.12. The summed E-state index contributed by atoms with van der Waals surface area (Å²) in [6.07, 6.45) is 0. The topological polar surface area (TPSA) is 60.6 Å². The number of benzene rings is 1. The van der Waals surface area contributed by atoms with Crippen LogP contribution in [0.3, 0.4) is 0 Å². The number of ether oxygens (including phenoxy) is 1. The number of morpholine rings is 1. The fraction of sp³-hybridized carbons (Fsp3) is 0.429. The molecule has 1 aliphatic rings. The summed E-state index contributed by atoms with van der Waals surface area (Å²) < 4.78 is 18.1. The van der Waals surface area contributed by atoms with Gasteiger partial charge in [-0.1, -0.05) is 0 Å². The highest BCUT2D eigenvalue weighted by atomic mass is 32.1. The Kier molecular flexibility index (Phi) is 7.40. The highest BCUT2D eigenvalue weighted by molar-refractivity contribution is 7.80. The molecule has 1 fully saturated rings. The van der Waals surface area contributed by atoms with Crippen LogP contribution in [0, 0.1) is 5.82 Å². The molecule has 1 heterocycles. The molecule has 1 saturated heterocycles. The van der Waals surface area contributed by atoms with E-state index in [2.05, 4.69) is 26.4 Å². The highest BCUT2D eigenvalue weighted by Crippen LogP contribution is 2.07. The fourth-order valence-electron chi connectivity index (χ4n) is 2.01. The van der Waals surface area contributed by atoms with Gasteiger partial charge in [-0.2, -0.15) is 0 Å². The normalized spacial score (nSPS) is 14.8. The Morgan fingerprint density at radius 3 is 2.43 bits per heavy atom. The van der Waals surface area contributed by atoms with E-state index in [0.717, 1.165) is 39.4 Å². The van der Waals surface area contributed by atoms with Gasteiger partial charge in [0, 0.05) is 31.9 Å². The molecule has 0 bridgehead atoms. The van der Waals surface area contributed by atoms with E-state index in [-0.39, 0.29) is 5.82 Å². The molecule has 0 saturated carbocycles. The minimum Gasteiger partial charge on any atom is -0.379 e. The summed E-state index contributed by atoms with van der Waals surface area (Å²) >= 11 is 10.3. The van der Waals surface area contributed by atoms with E-state index in [1.54, 1.807) is 12.1 Å². The Balaban J connectivity index is 1.58. The predicted octanol–water partition coefficient (Wildman–Crippen LogP) is 0.823. The minimum atomic E-state index is -0.293. The third-order valence-corrected chi connectivity index (χ3v) is 3.66. The standard InChI is InChI=1S/C14H20FN5OS2/c15-11-1-3-12(4-2-11)17-14(23)19-18-13(22)16-5-6-20-7-9-21-10-8-20/h1-4H,5-10H2,(H2,16,18,22)(H2,17,19,23). The number of nitrogens with one attached hydrogen (secondary N) is 4. The van der Waals surface area contributed by atoms with Crippen molar-refractivity contribution in [3.05, 3.63) is 30.1 Å². The van der Waals surface area contributed by atoms with E-state index in [0.29, 0.717) is 15.9 Å². The summed E-state index contributed by atoms with van der Waals surface area (Å²) in [4.78, 5) is 2.31.